The normalized spacial score (nSPS) is 9.18. The summed E-state index contributed by atoms with van der Waals surface area (Å²) in [7, 11) is 0. The molecule has 0 atom stereocenters. The van der Waals surface area contributed by atoms with Crippen molar-refractivity contribution in [2.24, 2.45) is 0 Å². The van der Waals surface area contributed by atoms with Crippen molar-refractivity contribution in [1.29, 1.82) is 5.26 Å². The number of nitriles is 1. The minimum absolute atomic E-state index is 0.126. The van der Waals surface area contributed by atoms with Crippen LogP contribution in [-0.4, -0.2) is 19.1 Å². The van der Waals surface area contributed by atoms with Crippen LogP contribution in [0.3, 0.4) is 0 Å². The molecule has 0 bridgehead atoms. The molecule has 0 aliphatic carbocycles. The summed E-state index contributed by atoms with van der Waals surface area (Å²) < 4.78 is 5.21. The van der Waals surface area contributed by atoms with Crippen molar-refractivity contribution < 1.29 is 9.53 Å². The third-order valence-electron chi connectivity index (χ3n) is 1.86. The number of amides is 1. The minimum atomic E-state index is -0.259. The SMILES string of the molecule is C=CCNC(=O)COc1ccc(C#N)cc1Cl. The number of benzene rings is 1. The topological polar surface area (TPSA) is 62.1 Å². The Morgan fingerprint density at radius 2 is 2.41 bits per heavy atom. The summed E-state index contributed by atoms with van der Waals surface area (Å²) in [4.78, 5) is 11.2. The number of hydrogen-bond donors (Lipinski definition) is 1. The minimum Gasteiger partial charge on any atom is -0.482 e. The maximum Gasteiger partial charge on any atom is 0.258 e. The van der Waals surface area contributed by atoms with Gasteiger partial charge in [-0.1, -0.05) is 17.7 Å². The second kappa shape index (κ2) is 6.56. The first-order valence-corrected chi connectivity index (χ1v) is 5.25. The van der Waals surface area contributed by atoms with E-state index in [1.807, 2.05) is 6.07 Å². The number of rotatable bonds is 5. The van der Waals surface area contributed by atoms with Gasteiger partial charge in [0.1, 0.15) is 5.75 Å². The van der Waals surface area contributed by atoms with E-state index in [9.17, 15) is 4.79 Å². The van der Waals surface area contributed by atoms with Crippen LogP contribution >= 0.6 is 11.6 Å². The van der Waals surface area contributed by atoms with Gasteiger partial charge in [-0.3, -0.25) is 4.79 Å². The summed E-state index contributed by atoms with van der Waals surface area (Å²) in [6, 6.07) is 6.57. The number of ether oxygens (including phenoxy) is 1. The van der Waals surface area contributed by atoms with Crippen LogP contribution in [0.5, 0.6) is 5.75 Å². The van der Waals surface area contributed by atoms with Crippen molar-refractivity contribution in [1.82, 2.24) is 5.32 Å². The van der Waals surface area contributed by atoms with E-state index in [0.29, 0.717) is 22.9 Å². The summed E-state index contributed by atoms with van der Waals surface area (Å²) in [5.74, 6) is 0.116. The van der Waals surface area contributed by atoms with Crippen LogP contribution in [0.2, 0.25) is 5.02 Å². The monoisotopic (exact) mass is 250 g/mol. The lowest BCUT2D eigenvalue weighted by Gasteiger charge is -2.07. The molecule has 0 aromatic heterocycles. The molecule has 0 radical (unpaired) electrons. The predicted molar refractivity (Wildman–Crippen MR) is 64.9 cm³/mol. The highest BCUT2D eigenvalue weighted by atomic mass is 35.5. The van der Waals surface area contributed by atoms with Gasteiger partial charge in [0.2, 0.25) is 0 Å². The number of halogens is 1. The highest BCUT2D eigenvalue weighted by molar-refractivity contribution is 6.32. The first-order valence-electron chi connectivity index (χ1n) is 4.87. The molecule has 88 valence electrons. The van der Waals surface area contributed by atoms with Gasteiger partial charge in [-0.05, 0) is 18.2 Å². The van der Waals surface area contributed by atoms with Crippen LogP contribution in [0.1, 0.15) is 5.56 Å². The molecule has 1 aromatic rings. The van der Waals surface area contributed by atoms with Crippen molar-refractivity contribution in [3.05, 3.63) is 41.4 Å². The molecule has 5 heteroatoms. The van der Waals surface area contributed by atoms with Gasteiger partial charge >= 0.3 is 0 Å². The van der Waals surface area contributed by atoms with Crippen LogP contribution in [0.25, 0.3) is 0 Å². The molecule has 0 heterocycles. The van der Waals surface area contributed by atoms with Gasteiger partial charge in [-0.25, -0.2) is 0 Å². The molecule has 0 spiro atoms. The zero-order chi connectivity index (χ0) is 12.7. The Labute approximate surface area is 104 Å². The maximum absolute atomic E-state index is 11.2. The van der Waals surface area contributed by atoms with Crippen LogP contribution in [0, 0.1) is 11.3 Å². The van der Waals surface area contributed by atoms with Crippen LogP contribution in [-0.2, 0) is 4.79 Å². The molecule has 1 rings (SSSR count). The van der Waals surface area contributed by atoms with Gasteiger partial charge in [-0.15, -0.1) is 6.58 Å². The van der Waals surface area contributed by atoms with E-state index in [4.69, 9.17) is 21.6 Å². The fraction of sp³-hybridized carbons (Fsp3) is 0.167. The van der Waals surface area contributed by atoms with Crippen LogP contribution in [0.4, 0.5) is 0 Å². The molecular weight excluding hydrogens is 240 g/mol. The molecule has 0 unspecified atom stereocenters. The first kappa shape index (κ1) is 13.1. The summed E-state index contributed by atoms with van der Waals surface area (Å²) in [6.07, 6.45) is 1.58. The van der Waals surface area contributed by atoms with E-state index >= 15 is 0 Å². The van der Waals surface area contributed by atoms with Gasteiger partial charge in [-0.2, -0.15) is 5.26 Å². The number of nitrogens with one attached hydrogen (secondary N) is 1. The molecule has 1 amide bonds. The average Bonchev–Trinajstić information content (AvgIpc) is 2.34. The zero-order valence-electron chi connectivity index (χ0n) is 9.07. The smallest absolute Gasteiger partial charge is 0.258 e. The van der Waals surface area contributed by atoms with Gasteiger partial charge < -0.3 is 10.1 Å². The summed E-state index contributed by atoms with van der Waals surface area (Å²) in [5, 5.41) is 11.5. The van der Waals surface area contributed by atoms with Gasteiger partial charge in [0, 0.05) is 6.54 Å². The van der Waals surface area contributed by atoms with E-state index in [-0.39, 0.29) is 12.5 Å². The van der Waals surface area contributed by atoms with Gasteiger partial charge in [0.25, 0.3) is 5.91 Å². The van der Waals surface area contributed by atoms with E-state index in [1.165, 1.54) is 6.07 Å². The van der Waals surface area contributed by atoms with Gasteiger partial charge in [0.05, 0.1) is 16.7 Å². The second-order valence-corrected chi connectivity index (χ2v) is 3.55. The molecule has 1 N–H and O–H groups in total. The second-order valence-electron chi connectivity index (χ2n) is 3.14. The third-order valence-corrected chi connectivity index (χ3v) is 2.16. The Morgan fingerprint density at radius 3 is 3.00 bits per heavy atom. The highest BCUT2D eigenvalue weighted by Gasteiger charge is 2.05. The van der Waals surface area contributed by atoms with Crippen molar-refractivity contribution >= 4 is 17.5 Å². The Bertz CT molecular complexity index is 466. The van der Waals surface area contributed by atoms with E-state index in [0.717, 1.165) is 0 Å². The van der Waals surface area contributed by atoms with Crippen molar-refractivity contribution in [3.63, 3.8) is 0 Å². The lowest BCUT2D eigenvalue weighted by molar-refractivity contribution is -0.122. The highest BCUT2D eigenvalue weighted by Crippen LogP contribution is 2.24. The largest absolute Gasteiger partial charge is 0.482 e. The molecule has 0 aliphatic rings. The number of carbonyl (C=O) groups is 1. The fourth-order valence-corrected chi connectivity index (χ4v) is 1.30. The molecule has 1 aromatic carbocycles. The summed E-state index contributed by atoms with van der Waals surface area (Å²) in [6.45, 7) is 3.74. The lowest BCUT2D eigenvalue weighted by Crippen LogP contribution is -2.28. The van der Waals surface area contributed by atoms with E-state index < -0.39 is 0 Å². The molecule has 0 aliphatic heterocycles. The van der Waals surface area contributed by atoms with Crippen LogP contribution < -0.4 is 10.1 Å². The molecule has 0 fully saturated rings. The van der Waals surface area contributed by atoms with Crippen molar-refractivity contribution in [2.45, 2.75) is 0 Å². The Balaban J connectivity index is 2.55. The molecule has 4 nitrogen and oxygen atoms in total. The lowest BCUT2D eigenvalue weighted by atomic mass is 10.2. The first-order chi connectivity index (χ1) is 8.17. The summed E-state index contributed by atoms with van der Waals surface area (Å²) in [5.41, 5.74) is 0.443. The molecular formula is C12H11ClN2O2. The van der Waals surface area contributed by atoms with Crippen molar-refractivity contribution in [2.75, 3.05) is 13.2 Å². The van der Waals surface area contributed by atoms with E-state index in [1.54, 1.807) is 18.2 Å². The van der Waals surface area contributed by atoms with Crippen LogP contribution in [0.15, 0.2) is 30.9 Å². The number of nitrogens with zero attached hydrogens (tertiary/aromatic N) is 1. The maximum atomic E-state index is 11.2. The predicted octanol–water partition coefficient (Wildman–Crippen LogP) is 1.89. The molecule has 17 heavy (non-hydrogen) atoms. The average molecular weight is 251 g/mol. The number of carbonyl (C=O) groups excluding carboxylic acids is 1. The Kier molecular flexibility index (Phi) is 5.05. The number of hydrogen-bond acceptors (Lipinski definition) is 3. The molecule has 0 saturated heterocycles. The van der Waals surface area contributed by atoms with Gasteiger partial charge in [0.15, 0.2) is 6.61 Å². The van der Waals surface area contributed by atoms with Crippen molar-refractivity contribution in [3.8, 4) is 11.8 Å². The Hall–Kier alpha value is -1.99. The quantitative estimate of drug-likeness (QED) is 0.812. The Morgan fingerprint density at radius 1 is 1.65 bits per heavy atom. The standard InChI is InChI=1S/C12H11ClN2O2/c1-2-5-15-12(16)8-17-11-4-3-9(7-14)6-10(11)13/h2-4,6H,1,5,8H2,(H,15,16). The molecule has 0 saturated carbocycles. The summed E-state index contributed by atoms with van der Waals surface area (Å²) >= 11 is 5.87. The fourth-order valence-electron chi connectivity index (χ4n) is 1.07. The zero-order valence-corrected chi connectivity index (χ0v) is 9.83. The van der Waals surface area contributed by atoms with E-state index in [2.05, 4.69) is 11.9 Å². The third kappa shape index (κ3) is 4.17.